The standard InChI is InChI=1S/C15H24N2O4S/c1-5-6-7-8-15(18)16-13-11-12(9-10-14(13)21-4)22(19,20)17(2)3/h9-11H,5-8H2,1-4H3,(H,16,18). The van der Waals surface area contributed by atoms with Crippen LogP contribution >= 0.6 is 0 Å². The summed E-state index contributed by atoms with van der Waals surface area (Å²) in [6, 6.07) is 4.42. The number of anilines is 1. The van der Waals surface area contributed by atoms with Crippen molar-refractivity contribution in [2.45, 2.75) is 37.5 Å². The Balaban J connectivity index is 3.00. The van der Waals surface area contributed by atoms with E-state index in [0.29, 0.717) is 17.9 Å². The van der Waals surface area contributed by atoms with Crippen LogP contribution < -0.4 is 10.1 Å². The van der Waals surface area contributed by atoms with Crippen molar-refractivity contribution in [3.05, 3.63) is 18.2 Å². The summed E-state index contributed by atoms with van der Waals surface area (Å²) in [5.41, 5.74) is 0.368. The van der Waals surface area contributed by atoms with E-state index in [1.54, 1.807) is 0 Å². The molecule has 0 aliphatic heterocycles. The van der Waals surface area contributed by atoms with Gasteiger partial charge in [0.15, 0.2) is 0 Å². The molecule has 1 N–H and O–H groups in total. The average Bonchev–Trinajstić information content (AvgIpc) is 2.47. The van der Waals surface area contributed by atoms with Gasteiger partial charge in [0.05, 0.1) is 17.7 Å². The molecule has 1 amide bonds. The van der Waals surface area contributed by atoms with Crippen LogP contribution in [0.2, 0.25) is 0 Å². The Hall–Kier alpha value is -1.60. The number of carbonyl (C=O) groups excluding carboxylic acids is 1. The third kappa shape index (κ3) is 4.71. The van der Waals surface area contributed by atoms with E-state index in [2.05, 4.69) is 12.2 Å². The van der Waals surface area contributed by atoms with Crippen LogP contribution in [0.5, 0.6) is 5.75 Å². The van der Waals surface area contributed by atoms with E-state index in [0.717, 1.165) is 23.6 Å². The number of benzene rings is 1. The third-order valence-corrected chi connectivity index (χ3v) is 5.04. The highest BCUT2D eigenvalue weighted by atomic mass is 32.2. The second-order valence-electron chi connectivity index (χ2n) is 5.15. The first-order valence-electron chi connectivity index (χ1n) is 7.23. The number of hydrogen-bond donors (Lipinski definition) is 1. The van der Waals surface area contributed by atoms with Gasteiger partial charge in [-0.3, -0.25) is 4.79 Å². The Morgan fingerprint density at radius 1 is 1.27 bits per heavy atom. The van der Waals surface area contributed by atoms with Gasteiger partial charge in [0.1, 0.15) is 5.75 Å². The van der Waals surface area contributed by atoms with Crippen molar-refractivity contribution in [3.63, 3.8) is 0 Å². The number of unbranched alkanes of at least 4 members (excludes halogenated alkanes) is 2. The number of methoxy groups -OCH3 is 1. The Morgan fingerprint density at radius 3 is 2.50 bits per heavy atom. The van der Waals surface area contributed by atoms with Gasteiger partial charge in [0.2, 0.25) is 15.9 Å². The maximum absolute atomic E-state index is 12.2. The summed E-state index contributed by atoms with van der Waals surface area (Å²) in [5, 5.41) is 2.72. The Labute approximate surface area is 132 Å². The number of nitrogens with zero attached hydrogens (tertiary/aromatic N) is 1. The van der Waals surface area contributed by atoms with Crippen molar-refractivity contribution in [2.24, 2.45) is 0 Å². The fraction of sp³-hybridized carbons (Fsp3) is 0.533. The molecular weight excluding hydrogens is 304 g/mol. The quantitative estimate of drug-likeness (QED) is 0.744. The molecule has 0 spiro atoms. The van der Waals surface area contributed by atoms with Crippen LogP contribution in [0.1, 0.15) is 32.6 Å². The molecule has 7 heteroatoms. The summed E-state index contributed by atoms with van der Waals surface area (Å²) in [5.74, 6) is 0.285. The molecular formula is C15H24N2O4S. The summed E-state index contributed by atoms with van der Waals surface area (Å²) in [6.45, 7) is 2.07. The van der Waals surface area contributed by atoms with Crippen molar-refractivity contribution in [1.29, 1.82) is 0 Å². The van der Waals surface area contributed by atoms with E-state index >= 15 is 0 Å². The second-order valence-corrected chi connectivity index (χ2v) is 7.31. The topological polar surface area (TPSA) is 75.7 Å². The Kier molecular flexibility index (Phi) is 6.83. The molecule has 1 rings (SSSR count). The maximum Gasteiger partial charge on any atom is 0.242 e. The van der Waals surface area contributed by atoms with Crippen molar-refractivity contribution in [3.8, 4) is 5.75 Å². The zero-order chi connectivity index (χ0) is 16.8. The summed E-state index contributed by atoms with van der Waals surface area (Å²) in [6.07, 6.45) is 3.23. The first-order chi connectivity index (χ1) is 10.3. The molecule has 124 valence electrons. The summed E-state index contributed by atoms with van der Waals surface area (Å²) in [7, 11) is 0.842. The highest BCUT2D eigenvalue weighted by molar-refractivity contribution is 7.89. The van der Waals surface area contributed by atoms with E-state index in [-0.39, 0.29) is 10.8 Å². The van der Waals surface area contributed by atoms with Gasteiger partial charge in [0, 0.05) is 20.5 Å². The molecule has 0 saturated carbocycles. The Morgan fingerprint density at radius 2 is 1.95 bits per heavy atom. The lowest BCUT2D eigenvalue weighted by molar-refractivity contribution is -0.116. The van der Waals surface area contributed by atoms with Crippen LogP contribution in [-0.4, -0.2) is 39.8 Å². The van der Waals surface area contributed by atoms with Crippen LogP contribution in [0.3, 0.4) is 0 Å². The molecule has 0 bridgehead atoms. The van der Waals surface area contributed by atoms with E-state index in [9.17, 15) is 13.2 Å². The fourth-order valence-electron chi connectivity index (χ4n) is 1.90. The molecule has 0 atom stereocenters. The zero-order valence-electron chi connectivity index (χ0n) is 13.5. The van der Waals surface area contributed by atoms with Crippen LogP contribution in [0, 0.1) is 0 Å². The van der Waals surface area contributed by atoms with Crippen molar-refractivity contribution < 1.29 is 17.9 Å². The van der Waals surface area contributed by atoms with Crippen molar-refractivity contribution in [1.82, 2.24) is 4.31 Å². The van der Waals surface area contributed by atoms with Crippen LogP contribution in [0.15, 0.2) is 23.1 Å². The van der Waals surface area contributed by atoms with Gasteiger partial charge in [-0.05, 0) is 24.6 Å². The smallest absolute Gasteiger partial charge is 0.242 e. The first kappa shape index (κ1) is 18.4. The fourth-order valence-corrected chi connectivity index (χ4v) is 2.83. The van der Waals surface area contributed by atoms with Crippen molar-refractivity contribution in [2.75, 3.05) is 26.5 Å². The summed E-state index contributed by atoms with van der Waals surface area (Å²) in [4.78, 5) is 12.0. The molecule has 0 fully saturated rings. The minimum Gasteiger partial charge on any atom is -0.495 e. The molecule has 0 aromatic heterocycles. The maximum atomic E-state index is 12.2. The molecule has 6 nitrogen and oxygen atoms in total. The number of rotatable bonds is 8. The normalized spacial score (nSPS) is 11.5. The minimum absolute atomic E-state index is 0.113. The first-order valence-corrected chi connectivity index (χ1v) is 8.67. The number of hydrogen-bond acceptors (Lipinski definition) is 4. The van der Waals surface area contributed by atoms with Gasteiger partial charge in [-0.15, -0.1) is 0 Å². The van der Waals surface area contributed by atoms with Crippen LogP contribution in [0.4, 0.5) is 5.69 Å². The SMILES string of the molecule is CCCCCC(=O)Nc1cc(S(=O)(=O)N(C)C)ccc1OC. The zero-order valence-corrected chi connectivity index (χ0v) is 14.4. The predicted molar refractivity (Wildman–Crippen MR) is 86.6 cm³/mol. The van der Waals surface area contributed by atoms with Crippen LogP contribution in [0.25, 0.3) is 0 Å². The van der Waals surface area contributed by atoms with Gasteiger partial charge in [-0.1, -0.05) is 19.8 Å². The number of sulfonamides is 1. The third-order valence-electron chi connectivity index (χ3n) is 3.23. The van der Waals surface area contributed by atoms with Crippen LogP contribution in [-0.2, 0) is 14.8 Å². The molecule has 0 radical (unpaired) electrons. The van der Waals surface area contributed by atoms with Gasteiger partial charge in [-0.2, -0.15) is 0 Å². The molecule has 0 saturated heterocycles. The molecule has 0 unspecified atom stereocenters. The molecule has 0 aliphatic carbocycles. The summed E-state index contributed by atoms with van der Waals surface area (Å²) >= 11 is 0. The number of amides is 1. The lowest BCUT2D eigenvalue weighted by atomic mass is 10.2. The highest BCUT2D eigenvalue weighted by Gasteiger charge is 2.19. The number of carbonyl (C=O) groups is 1. The van der Waals surface area contributed by atoms with E-state index in [4.69, 9.17) is 4.74 Å². The minimum atomic E-state index is -3.55. The number of nitrogens with one attached hydrogen (secondary N) is 1. The molecule has 22 heavy (non-hydrogen) atoms. The van der Waals surface area contributed by atoms with Gasteiger partial charge < -0.3 is 10.1 Å². The molecule has 1 aromatic rings. The van der Waals surface area contributed by atoms with E-state index in [1.807, 2.05) is 0 Å². The Bertz CT molecular complexity index is 612. The lowest BCUT2D eigenvalue weighted by Gasteiger charge is -2.15. The molecule has 0 heterocycles. The van der Waals surface area contributed by atoms with E-state index < -0.39 is 10.0 Å². The lowest BCUT2D eigenvalue weighted by Crippen LogP contribution is -2.22. The van der Waals surface area contributed by atoms with Gasteiger partial charge in [0.25, 0.3) is 0 Å². The predicted octanol–water partition coefficient (Wildman–Crippen LogP) is 2.46. The van der Waals surface area contributed by atoms with Crippen molar-refractivity contribution >= 4 is 21.6 Å². The van der Waals surface area contributed by atoms with Gasteiger partial charge in [-0.25, -0.2) is 12.7 Å². The van der Waals surface area contributed by atoms with Gasteiger partial charge >= 0.3 is 0 Å². The molecule has 1 aromatic carbocycles. The highest BCUT2D eigenvalue weighted by Crippen LogP contribution is 2.28. The average molecular weight is 328 g/mol. The summed E-state index contributed by atoms with van der Waals surface area (Å²) < 4.78 is 30.6. The van der Waals surface area contributed by atoms with E-state index in [1.165, 1.54) is 39.4 Å². The second kappa shape index (κ2) is 8.14. The number of ether oxygens (including phenoxy) is 1. The molecule has 0 aliphatic rings. The monoisotopic (exact) mass is 328 g/mol. The largest absolute Gasteiger partial charge is 0.495 e.